The molecule has 0 saturated carbocycles. The molecular formula is C14H25N3O2. The fourth-order valence-corrected chi connectivity index (χ4v) is 2.18. The molecule has 0 radical (unpaired) electrons. The third-order valence-corrected chi connectivity index (χ3v) is 3.60. The normalized spacial score (nSPS) is 11.3. The van der Waals surface area contributed by atoms with Crippen LogP contribution in [0.4, 0.5) is 0 Å². The number of carbonyl (C=O) groups excluding carboxylic acids is 1. The van der Waals surface area contributed by atoms with Crippen LogP contribution in [0, 0.1) is 5.92 Å². The second-order valence-corrected chi connectivity index (χ2v) is 4.76. The summed E-state index contributed by atoms with van der Waals surface area (Å²) < 4.78 is 5.20. The van der Waals surface area contributed by atoms with Gasteiger partial charge in [-0.2, -0.15) is 0 Å². The first-order valence-corrected chi connectivity index (χ1v) is 6.95. The number of carbonyl (C=O) groups is 1. The molecule has 0 saturated heterocycles. The summed E-state index contributed by atoms with van der Waals surface area (Å²) in [6.45, 7) is 9.27. The van der Waals surface area contributed by atoms with E-state index in [2.05, 4.69) is 31.1 Å². The predicted molar refractivity (Wildman–Crippen MR) is 75.4 cm³/mol. The molecular weight excluding hydrogens is 242 g/mol. The van der Waals surface area contributed by atoms with Crippen LogP contribution >= 0.6 is 0 Å². The number of nitrogen functional groups attached to an aromatic ring is 1. The number of hydrogen-bond acceptors (Lipinski definition) is 4. The summed E-state index contributed by atoms with van der Waals surface area (Å²) in [4.78, 5) is 13.9. The highest BCUT2D eigenvalue weighted by atomic mass is 16.3. The molecule has 0 atom stereocenters. The Hall–Kier alpha value is -1.33. The van der Waals surface area contributed by atoms with Gasteiger partial charge in [-0.05, 0) is 18.5 Å². The first kappa shape index (κ1) is 15.7. The molecule has 0 aliphatic carbocycles. The molecule has 1 heterocycles. The van der Waals surface area contributed by atoms with Crippen molar-refractivity contribution in [3.05, 3.63) is 23.7 Å². The Kier molecular flexibility index (Phi) is 6.59. The average Bonchev–Trinajstić information content (AvgIpc) is 2.90. The molecule has 1 aromatic rings. The molecule has 1 rings (SSSR count). The Morgan fingerprint density at radius 2 is 2.11 bits per heavy atom. The van der Waals surface area contributed by atoms with Crippen LogP contribution in [0.1, 0.15) is 49.7 Å². The lowest BCUT2D eigenvalue weighted by molar-refractivity contribution is 0.0922. The molecule has 0 aliphatic heterocycles. The summed E-state index contributed by atoms with van der Waals surface area (Å²) in [6.07, 6.45) is 3.88. The van der Waals surface area contributed by atoms with E-state index in [1.54, 1.807) is 0 Å². The van der Waals surface area contributed by atoms with Crippen molar-refractivity contribution in [1.82, 2.24) is 10.3 Å². The molecule has 5 nitrogen and oxygen atoms in total. The van der Waals surface area contributed by atoms with Gasteiger partial charge in [0.2, 0.25) is 0 Å². The largest absolute Gasteiger partial charge is 0.459 e. The van der Waals surface area contributed by atoms with Crippen LogP contribution in [0.25, 0.3) is 0 Å². The van der Waals surface area contributed by atoms with Crippen molar-refractivity contribution in [3.63, 3.8) is 0 Å². The molecule has 19 heavy (non-hydrogen) atoms. The highest BCUT2D eigenvalue weighted by Crippen LogP contribution is 2.16. The number of nitrogens with two attached hydrogens (primary N) is 1. The van der Waals surface area contributed by atoms with Crippen molar-refractivity contribution < 1.29 is 9.21 Å². The lowest BCUT2D eigenvalue weighted by Crippen LogP contribution is -2.32. The van der Waals surface area contributed by atoms with Gasteiger partial charge in [-0.15, -0.1) is 0 Å². The quantitative estimate of drug-likeness (QED) is 0.430. The molecule has 0 bridgehead atoms. The summed E-state index contributed by atoms with van der Waals surface area (Å²) in [5.74, 6) is 5.77. The van der Waals surface area contributed by atoms with Gasteiger partial charge in [-0.25, -0.2) is 5.84 Å². The van der Waals surface area contributed by atoms with Gasteiger partial charge < -0.3 is 4.42 Å². The first-order valence-electron chi connectivity index (χ1n) is 6.95. The van der Waals surface area contributed by atoms with Gasteiger partial charge in [0.25, 0.3) is 0 Å². The van der Waals surface area contributed by atoms with E-state index in [1.807, 2.05) is 6.07 Å². The van der Waals surface area contributed by atoms with Crippen molar-refractivity contribution in [2.75, 3.05) is 13.1 Å². The molecule has 0 fully saturated rings. The second kappa shape index (κ2) is 7.96. The van der Waals surface area contributed by atoms with Crippen LogP contribution in [0.5, 0.6) is 0 Å². The minimum absolute atomic E-state index is 0.311. The highest BCUT2D eigenvalue weighted by Gasteiger charge is 2.17. The average molecular weight is 267 g/mol. The van der Waals surface area contributed by atoms with E-state index >= 15 is 0 Å². The second-order valence-electron chi connectivity index (χ2n) is 4.76. The maximum atomic E-state index is 11.6. The van der Waals surface area contributed by atoms with E-state index in [9.17, 15) is 4.79 Å². The van der Waals surface area contributed by atoms with Gasteiger partial charge in [0.15, 0.2) is 5.76 Å². The number of nitrogens with one attached hydrogen (secondary N) is 1. The lowest BCUT2D eigenvalue weighted by Gasteiger charge is -2.24. The minimum atomic E-state index is -0.376. The summed E-state index contributed by atoms with van der Waals surface area (Å²) in [7, 11) is 0. The van der Waals surface area contributed by atoms with E-state index < -0.39 is 0 Å². The Morgan fingerprint density at radius 1 is 1.42 bits per heavy atom. The predicted octanol–water partition coefficient (Wildman–Crippen LogP) is 2.14. The molecule has 108 valence electrons. The maximum absolute atomic E-state index is 11.6. The summed E-state index contributed by atoms with van der Waals surface area (Å²) in [5.41, 5.74) is 3.00. The van der Waals surface area contributed by atoms with Crippen molar-refractivity contribution >= 4 is 5.91 Å². The lowest BCUT2D eigenvalue weighted by atomic mass is 10.0. The Morgan fingerprint density at radius 3 is 2.63 bits per heavy atom. The van der Waals surface area contributed by atoms with Crippen LogP contribution in [0.15, 0.2) is 16.7 Å². The van der Waals surface area contributed by atoms with E-state index in [-0.39, 0.29) is 5.91 Å². The highest BCUT2D eigenvalue weighted by molar-refractivity contribution is 5.92. The van der Waals surface area contributed by atoms with E-state index in [4.69, 9.17) is 10.3 Å². The van der Waals surface area contributed by atoms with Gasteiger partial charge in [-0.3, -0.25) is 15.1 Å². The van der Waals surface area contributed by atoms with Crippen molar-refractivity contribution in [2.24, 2.45) is 11.8 Å². The summed E-state index contributed by atoms with van der Waals surface area (Å²) in [5, 5.41) is 0. The Balaban J connectivity index is 2.70. The van der Waals surface area contributed by atoms with E-state index in [0.29, 0.717) is 18.2 Å². The zero-order valence-electron chi connectivity index (χ0n) is 12.1. The van der Waals surface area contributed by atoms with Gasteiger partial charge >= 0.3 is 5.91 Å². The van der Waals surface area contributed by atoms with Gasteiger partial charge in [0.1, 0.15) is 0 Å². The van der Waals surface area contributed by atoms with Crippen molar-refractivity contribution in [3.8, 4) is 0 Å². The molecule has 0 aromatic carbocycles. The van der Waals surface area contributed by atoms with Crippen molar-refractivity contribution in [2.45, 2.75) is 40.2 Å². The molecule has 3 N–H and O–H groups in total. The van der Waals surface area contributed by atoms with Gasteiger partial charge in [0.05, 0.1) is 6.26 Å². The number of hydrazine groups is 1. The van der Waals surface area contributed by atoms with Crippen LogP contribution < -0.4 is 11.3 Å². The SMILES string of the molecule is CCC(CC)CN(CC)Cc1ccoc1C(=O)NN. The van der Waals surface area contributed by atoms with E-state index in [1.165, 1.54) is 19.1 Å². The molecule has 0 aliphatic rings. The smallest absolute Gasteiger partial charge is 0.301 e. The number of hydrogen-bond donors (Lipinski definition) is 2. The molecule has 1 aromatic heterocycles. The van der Waals surface area contributed by atoms with Crippen LogP contribution in [0.3, 0.4) is 0 Å². The van der Waals surface area contributed by atoms with Crippen LogP contribution in [0.2, 0.25) is 0 Å². The third kappa shape index (κ3) is 4.36. The van der Waals surface area contributed by atoms with Gasteiger partial charge in [0, 0.05) is 18.7 Å². The topological polar surface area (TPSA) is 71.5 Å². The fraction of sp³-hybridized carbons (Fsp3) is 0.643. The molecule has 0 spiro atoms. The summed E-state index contributed by atoms with van der Waals surface area (Å²) in [6, 6.07) is 1.83. The first-order chi connectivity index (χ1) is 9.15. The fourth-order valence-electron chi connectivity index (χ4n) is 2.18. The maximum Gasteiger partial charge on any atom is 0.301 e. The molecule has 1 amide bonds. The number of rotatable bonds is 8. The zero-order chi connectivity index (χ0) is 14.3. The number of nitrogens with zero attached hydrogens (tertiary/aromatic N) is 1. The van der Waals surface area contributed by atoms with Crippen LogP contribution in [-0.2, 0) is 6.54 Å². The minimum Gasteiger partial charge on any atom is -0.459 e. The standard InChI is InChI=1S/C14H25N3O2/c1-4-11(5-2)9-17(6-3)10-12-7-8-19-13(12)14(18)16-15/h7-8,11H,4-6,9-10,15H2,1-3H3,(H,16,18). The Labute approximate surface area is 115 Å². The number of amides is 1. The zero-order valence-corrected chi connectivity index (χ0v) is 12.1. The van der Waals surface area contributed by atoms with Crippen molar-refractivity contribution in [1.29, 1.82) is 0 Å². The van der Waals surface area contributed by atoms with Gasteiger partial charge in [-0.1, -0.05) is 33.6 Å². The molecule has 0 unspecified atom stereocenters. The molecule has 5 heteroatoms. The monoisotopic (exact) mass is 267 g/mol. The summed E-state index contributed by atoms with van der Waals surface area (Å²) >= 11 is 0. The Bertz CT molecular complexity index is 386. The third-order valence-electron chi connectivity index (χ3n) is 3.60. The number of furan rings is 1. The van der Waals surface area contributed by atoms with Crippen LogP contribution in [-0.4, -0.2) is 23.9 Å². The van der Waals surface area contributed by atoms with E-state index in [0.717, 1.165) is 18.7 Å².